The van der Waals surface area contributed by atoms with Crippen molar-refractivity contribution in [1.29, 1.82) is 0 Å². The van der Waals surface area contributed by atoms with Gasteiger partial charge in [-0.2, -0.15) is 11.8 Å². The van der Waals surface area contributed by atoms with E-state index in [2.05, 4.69) is 17.4 Å². The lowest BCUT2D eigenvalue weighted by atomic mass is 10.1. The molecule has 2 rings (SSSR count). The van der Waals surface area contributed by atoms with E-state index in [-0.39, 0.29) is 17.8 Å². The summed E-state index contributed by atoms with van der Waals surface area (Å²) in [5, 5.41) is 2.92. The Morgan fingerprint density at radius 2 is 1.81 bits per heavy atom. The molecule has 0 saturated heterocycles. The second-order valence-corrected chi connectivity index (χ2v) is 5.84. The molecular formula is C17H18FNOS. The third-order valence-corrected chi connectivity index (χ3v) is 4.15. The van der Waals surface area contributed by atoms with Crippen LogP contribution in [0.3, 0.4) is 0 Å². The zero-order valence-electron chi connectivity index (χ0n) is 11.9. The topological polar surface area (TPSA) is 29.1 Å². The van der Waals surface area contributed by atoms with Gasteiger partial charge in [0.2, 0.25) is 5.91 Å². The summed E-state index contributed by atoms with van der Waals surface area (Å²) in [4.78, 5) is 11.3. The van der Waals surface area contributed by atoms with Crippen molar-refractivity contribution in [3.8, 4) is 0 Å². The van der Waals surface area contributed by atoms with E-state index in [0.717, 1.165) is 17.1 Å². The molecule has 2 aromatic carbocycles. The number of thioether (sulfide) groups is 1. The maximum atomic E-state index is 13.0. The number of nitrogens with one attached hydrogen (secondary N) is 1. The molecule has 1 atom stereocenters. The van der Waals surface area contributed by atoms with Crippen molar-refractivity contribution >= 4 is 17.7 Å². The number of hydrogen-bond donors (Lipinski definition) is 1. The molecular weight excluding hydrogens is 285 g/mol. The van der Waals surface area contributed by atoms with E-state index in [0.29, 0.717) is 0 Å². The molecule has 4 heteroatoms. The summed E-state index contributed by atoms with van der Waals surface area (Å²) in [6, 6.07) is 16.4. The van der Waals surface area contributed by atoms with Crippen LogP contribution < -0.4 is 5.32 Å². The molecule has 0 radical (unpaired) electrons. The molecule has 2 nitrogen and oxygen atoms in total. The summed E-state index contributed by atoms with van der Waals surface area (Å²) < 4.78 is 13.0. The summed E-state index contributed by atoms with van der Waals surface area (Å²) in [5.74, 6) is 1.29. The maximum absolute atomic E-state index is 13.0. The van der Waals surface area contributed by atoms with Gasteiger partial charge in [0, 0.05) is 18.4 Å². The molecule has 1 amide bonds. The Morgan fingerprint density at radius 1 is 1.14 bits per heavy atom. The van der Waals surface area contributed by atoms with Gasteiger partial charge in [0.05, 0.1) is 6.04 Å². The van der Waals surface area contributed by atoms with E-state index < -0.39 is 0 Å². The van der Waals surface area contributed by atoms with Crippen molar-refractivity contribution in [3.05, 3.63) is 71.5 Å². The van der Waals surface area contributed by atoms with Gasteiger partial charge in [-0.1, -0.05) is 42.5 Å². The Bertz CT molecular complexity index is 571. The van der Waals surface area contributed by atoms with E-state index in [4.69, 9.17) is 0 Å². The molecule has 0 spiro atoms. The lowest BCUT2D eigenvalue weighted by Crippen LogP contribution is -2.27. The highest BCUT2D eigenvalue weighted by Gasteiger charge is 2.12. The van der Waals surface area contributed by atoms with Gasteiger partial charge in [0.1, 0.15) is 5.82 Å². The molecule has 110 valence electrons. The van der Waals surface area contributed by atoms with Crippen LogP contribution in [0.4, 0.5) is 4.39 Å². The average Bonchev–Trinajstić information content (AvgIpc) is 2.48. The SMILES string of the molecule is CC(=O)NC(CSCc1ccccc1)c1ccc(F)cc1. The molecule has 0 bridgehead atoms. The van der Waals surface area contributed by atoms with E-state index in [1.807, 2.05) is 18.2 Å². The third kappa shape index (κ3) is 5.23. The monoisotopic (exact) mass is 303 g/mol. The lowest BCUT2D eigenvalue weighted by Gasteiger charge is -2.18. The van der Waals surface area contributed by atoms with Crippen LogP contribution in [0.1, 0.15) is 24.1 Å². The maximum Gasteiger partial charge on any atom is 0.217 e. The Labute approximate surface area is 128 Å². The van der Waals surface area contributed by atoms with E-state index in [1.54, 1.807) is 23.9 Å². The molecule has 0 fully saturated rings. The Hall–Kier alpha value is -1.81. The minimum atomic E-state index is -0.266. The van der Waals surface area contributed by atoms with Crippen molar-refractivity contribution in [3.63, 3.8) is 0 Å². The first kappa shape index (κ1) is 15.6. The molecule has 0 aliphatic carbocycles. The van der Waals surface area contributed by atoms with Crippen molar-refractivity contribution in [2.75, 3.05) is 5.75 Å². The Morgan fingerprint density at radius 3 is 2.43 bits per heavy atom. The number of rotatable bonds is 6. The van der Waals surface area contributed by atoms with Gasteiger partial charge in [-0.05, 0) is 23.3 Å². The predicted molar refractivity (Wildman–Crippen MR) is 85.6 cm³/mol. The smallest absolute Gasteiger partial charge is 0.217 e. The number of carbonyl (C=O) groups is 1. The summed E-state index contributed by atoms with van der Waals surface area (Å²) in [7, 11) is 0. The van der Waals surface area contributed by atoms with Crippen LogP contribution in [0.15, 0.2) is 54.6 Å². The van der Waals surface area contributed by atoms with Gasteiger partial charge in [0.15, 0.2) is 0 Å². The summed E-state index contributed by atoms with van der Waals surface area (Å²) in [5.41, 5.74) is 2.18. The van der Waals surface area contributed by atoms with Gasteiger partial charge < -0.3 is 5.32 Å². The second-order valence-electron chi connectivity index (χ2n) is 4.81. The summed E-state index contributed by atoms with van der Waals surface area (Å²) >= 11 is 1.75. The third-order valence-electron chi connectivity index (χ3n) is 3.05. The molecule has 1 N–H and O–H groups in total. The van der Waals surface area contributed by atoms with Crippen LogP contribution in [0.2, 0.25) is 0 Å². The van der Waals surface area contributed by atoms with E-state index in [9.17, 15) is 9.18 Å². The van der Waals surface area contributed by atoms with E-state index in [1.165, 1.54) is 24.6 Å². The number of carbonyl (C=O) groups excluding carboxylic acids is 1. The van der Waals surface area contributed by atoms with Gasteiger partial charge in [-0.25, -0.2) is 4.39 Å². The van der Waals surface area contributed by atoms with E-state index >= 15 is 0 Å². The quantitative estimate of drug-likeness (QED) is 0.876. The Kier molecular flexibility index (Phi) is 5.81. The highest BCUT2D eigenvalue weighted by Crippen LogP contribution is 2.21. The number of amides is 1. The molecule has 0 aliphatic rings. The first-order chi connectivity index (χ1) is 10.1. The van der Waals surface area contributed by atoms with Gasteiger partial charge in [-0.3, -0.25) is 4.79 Å². The highest BCUT2D eigenvalue weighted by atomic mass is 32.2. The molecule has 2 aromatic rings. The van der Waals surface area contributed by atoms with Crippen LogP contribution >= 0.6 is 11.8 Å². The largest absolute Gasteiger partial charge is 0.349 e. The first-order valence-electron chi connectivity index (χ1n) is 6.79. The van der Waals surface area contributed by atoms with Crippen LogP contribution in [0.5, 0.6) is 0 Å². The van der Waals surface area contributed by atoms with Gasteiger partial charge in [-0.15, -0.1) is 0 Å². The van der Waals surface area contributed by atoms with Gasteiger partial charge >= 0.3 is 0 Å². The zero-order chi connectivity index (χ0) is 15.1. The van der Waals surface area contributed by atoms with Gasteiger partial charge in [0.25, 0.3) is 0 Å². The molecule has 0 aromatic heterocycles. The van der Waals surface area contributed by atoms with Crippen LogP contribution in [-0.4, -0.2) is 11.7 Å². The number of hydrogen-bond acceptors (Lipinski definition) is 2. The fraction of sp³-hybridized carbons (Fsp3) is 0.235. The van der Waals surface area contributed by atoms with Crippen molar-refractivity contribution < 1.29 is 9.18 Å². The fourth-order valence-corrected chi connectivity index (χ4v) is 3.09. The average molecular weight is 303 g/mol. The highest BCUT2D eigenvalue weighted by molar-refractivity contribution is 7.98. The summed E-state index contributed by atoms with van der Waals surface area (Å²) in [6.45, 7) is 1.50. The predicted octanol–water partition coefficient (Wildman–Crippen LogP) is 3.94. The number of halogens is 1. The molecule has 1 unspecified atom stereocenters. The minimum Gasteiger partial charge on any atom is -0.349 e. The molecule has 0 saturated carbocycles. The zero-order valence-corrected chi connectivity index (χ0v) is 12.7. The van der Waals surface area contributed by atoms with Crippen molar-refractivity contribution in [2.45, 2.75) is 18.7 Å². The Balaban J connectivity index is 1.96. The van der Waals surface area contributed by atoms with Crippen molar-refractivity contribution in [2.24, 2.45) is 0 Å². The normalized spacial score (nSPS) is 11.9. The molecule has 21 heavy (non-hydrogen) atoms. The van der Waals surface area contributed by atoms with Crippen LogP contribution in [0, 0.1) is 5.82 Å². The summed E-state index contributed by atoms with van der Waals surface area (Å²) in [6.07, 6.45) is 0. The lowest BCUT2D eigenvalue weighted by molar-refractivity contribution is -0.119. The fourth-order valence-electron chi connectivity index (χ4n) is 2.03. The second kappa shape index (κ2) is 7.84. The van der Waals surface area contributed by atoms with Crippen molar-refractivity contribution in [1.82, 2.24) is 5.32 Å². The number of benzene rings is 2. The van der Waals surface area contributed by atoms with Crippen LogP contribution in [0.25, 0.3) is 0 Å². The molecule has 0 aliphatic heterocycles. The molecule has 0 heterocycles. The minimum absolute atomic E-state index is 0.0790. The standard InChI is InChI=1S/C17H18FNOS/c1-13(20)19-17(15-7-9-16(18)10-8-15)12-21-11-14-5-3-2-4-6-14/h2-10,17H,11-12H2,1H3,(H,19,20). The first-order valence-corrected chi connectivity index (χ1v) is 7.95. The van der Waals surface area contributed by atoms with Crippen LogP contribution in [-0.2, 0) is 10.5 Å².